The lowest BCUT2D eigenvalue weighted by molar-refractivity contribution is -0.120. The lowest BCUT2D eigenvalue weighted by Gasteiger charge is -2.30. The van der Waals surface area contributed by atoms with Gasteiger partial charge in [0, 0.05) is 63.1 Å². The van der Waals surface area contributed by atoms with Crippen LogP contribution in [0.2, 0.25) is 10.0 Å². The van der Waals surface area contributed by atoms with Gasteiger partial charge in [-0.05, 0) is 61.7 Å². The van der Waals surface area contributed by atoms with Crippen LogP contribution in [0.15, 0.2) is 60.7 Å². The zero-order chi connectivity index (χ0) is 25.4. The quantitative estimate of drug-likeness (QED) is 0.310. The van der Waals surface area contributed by atoms with Crippen molar-refractivity contribution in [3.63, 3.8) is 0 Å². The highest BCUT2D eigenvalue weighted by molar-refractivity contribution is 7.88. The molecule has 6 nitrogen and oxygen atoms in total. The number of sulfonamides is 1. The zero-order valence-electron chi connectivity index (χ0n) is 19.9. The molecule has 9 heteroatoms. The van der Waals surface area contributed by atoms with Crippen molar-refractivity contribution in [2.24, 2.45) is 5.92 Å². The van der Waals surface area contributed by atoms with Crippen LogP contribution in [0.4, 0.5) is 5.69 Å². The molecule has 0 spiro atoms. The summed E-state index contributed by atoms with van der Waals surface area (Å²) < 4.78 is 29.6. The summed E-state index contributed by atoms with van der Waals surface area (Å²) in [5, 5.41) is 6.11. The molecule has 0 unspecified atom stereocenters. The first-order chi connectivity index (χ1) is 17.3. The first kappa shape index (κ1) is 25.1. The Hall–Kier alpha value is -2.58. The highest BCUT2D eigenvalue weighted by atomic mass is 35.5. The molecule has 1 aliphatic rings. The Kier molecular flexibility index (Phi) is 7.01. The van der Waals surface area contributed by atoms with Crippen LogP contribution in [0.3, 0.4) is 0 Å². The van der Waals surface area contributed by atoms with E-state index in [1.165, 1.54) is 9.82 Å². The van der Waals surface area contributed by atoms with Crippen molar-refractivity contribution in [2.45, 2.75) is 32.1 Å². The number of fused-ring (bicyclic) bond motifs is 3. The molecule has 1 aliphatic heterocycles. The maximum atomic E-state index is 13.0. The van der Waals surface area contributed by atoms with E-state index < -0.39 is 10.0 Å². The molecule has 0 saturated carbocycles. The molecule has 0 aliphatic carbocycles. The first-order valence-corrected chi connectivity index (χ1v) is 14.4. The average molecular weight is 545 g/mol. The van der Waals surface area contributed by atoms with Gasteiger partial charge in [0.15, 0.2) is 0 Å². The van der Waals surface area contributed by atoms with E-state index in [2.05, 4.69) is 28.9 Å². The van der Waals surface area contributed by atoms with Gasteiger partial charge in [0.05, 0.1) is 5.75 Å². The standard InChI is InChI=1S/C27H27Cl2N3O3S/c1-2-32-25-6-4-3-5-22(25)23-16-21(9-10-26(23)32)30-27(33)18-11-13-31(14-12-18)36(34,35)17-19-7-8-20(28)15-24(19)29/h3-10,15-16,18H,2,11-14,17H2,1H3,(H,30,33). The molecular weight excluding hydrogens is 517 g/mol. The third-order valence-electron chi connectivity index (χ3n) is 6.93. The first-order valence-electron chi connectivity index (χ1n) is 12.0. The molecule has 4 aromatic rings. The van der Waals surface area contributed by atoms with Gasteiger partial charge in [-0.1, -0.05) is 47.5 Å². The van der Waals surface area contributed by atoms with E-state index in [0.717, 1.165) is 28.5 Å². The van der Waals surface area contributed by atoms with Gasteiger partial charge in [-0.3, -0.25) is 4.79 Å². The number of nitrogens with zero attached hydrogens (tertiary/aromatic N) is 2. The van der Waals surface area contributed by atoms with Gasteiger partial charge in [0.2, 0.25) is 15.9 Å². The number of carbonyl (C=O) groups is 1. The molecule has 2 heterocycles. The predicted molar refractivity (Wildman–Crippen MR) is 147 cm³/mol. The van der Waals surface area contributed by atoms with Crippen molar-refractivity contribution >= 4 is 66.6 Å². The van der Waals surface area contributed by atoms with Crippen molar-refractivity contribution in [3.05, 3.63) is 76.3 Å². The number of piperidine rings is 1. The number of carbonyl (C=O) groups excluding carboxylic acids is 1. The van der Waals surface area contributed by atoms with E-state index in [0.29, 0.717) is 41.5 Å². The fourth-order valence-electron chi connectivity index (χ4n) is 5.04. The number of aromatic nitrogens is 1. The SMILES string of the molecule is CCn1c2ccccc2c2cc(NC(=O)C3CCN(S(=O)(=O)Cc4ccc(Cl)cc4Cl)CC3)ccc21. The average Bonchev–Trinajstić information content (AvgIpc) is 3.19. The lowest BCUT2D eigenvalue weighted by atomic mass is 9.97. The van der Waals surface area contributed by atoms with E-state index in [1.54, 1.807) is 18.2 Å². The Bertz CT molecular complexity index is 1560. The van der Waals surface area contributed by atoms with Crippen LogP contribution in [0.25, 0.3) is 21.8 Å². The molecule has 188 valence electrons. The number of benzene rings is 3. The number of halogens is 2. The maximum Gasteiger partial charge on any atom is 0.227 e. The van der Waals surface area contributed by atoms with Gasteiger partial charge in [-0.2, -0.15) is 0 Å². The Balaban J connectivity index is 1.25. The van der Waals surface area contributed by atoms with Gasteiger partial charge in [0.25, 0.3) is 0 Å². The van der Waals surface area contributed by atoms with Crippen LogP contribution in [-0.4, -0.2) is 36.3 Å². The summed E-state index contributed by atoms with van der Waals surface area (Å²) in [7, 11) is -3.55. The Morgan fingerprint density at radius 2 is 1.69 bits per heavy atom. The number of rotatable bonds is 6. The minimum Gasteiger partial charge on any atom is -0.341 e. The molecule has 1 saturated heterocycles. The highest BCUT2D eigenvalue weighted by Gasteiger charge is 2.31. The molecule has 0 atom stereocenters. The molecule has 0 bridgehead atoms. The summed E-state index contributed by atoms with van der Waals surface area (Å²) in [6, 6.07) is 19.1. The second kappa shape index (κ2) is 10.1. The Morgan fingerprint density at radius 3 is 2.42 bits per heavy atom. The van der Waals surface area contributed by atoms with Crippen molar-refractivity contribution in [1.29, 1.82) is 0 Å². The maximum absolute atomic E-state index is 13.0. The molecule has 0 radical (unpaired) electrons. The van der Waals surface area contributed by atoms with E-state index in [9.17, 15) is 13.2 Å². The second-order valence-corrected chi connectivity index (χ2v) is 12.0. The number of nitrogens with one attached hydrogen (secondary N) is 1. The summed E-state index contributed by atoms with van der Waals surface area (Å²) in [4.78, 5) is 13.0. The highest BCUT2D eigenvalue weighted by Crippen LogP contribution is 2.32. The molecular formula is C27H27Cl2N3O3S. The van der Waals surface area contributed by atoms with Crippen molar-refractivity contribution < 1.29 is 13.2 Å². The summed E-state index contributed by atoms with van der Waals surface area (Å²) in [5.41, 5.74) is 3.57. The van der Waals surface area contributed by atoms with Gasteiger partial charge in [-0.25, -0.2) is 12.7 Å². The number of anilines is 1. The monoisotopic (exact) mass is 543 g/mol. The van der Waals surface area contributed by atoms with Crippen LogP contribution in [0.1, 0.15) is 25.3 Å². The van der Waals surface area contributed by atoms with Crippen molar-refractivity contribution in [2.75, 3.05) is 18.4 Å². The van der Waals surface area contributed by atoms with Crippen LogP contribution in [-0.2, 0) is 27.1 Å². The van der Waals surface area contributed by atoms with E-state index >= 15 is 0 Å². The topological polar surface area (TPSA) is 71.4 Å². The fraction of sp³-hybridized carbons (Fsp3) is 0.296. The molecule has 1 amide bonds. The molecule has 1 fully saturated rings. The second-order valence-electron chi connectivity index (χ2n) is 9.15. The fourth-order valence-corrected chi connectivity index (χ4v) is 7.19. The smallest absolute Gasteiger partial charge is 0.227 e. The minimum absolute atomic E-state index is 0.0774. The van der Waals surface area contributed by atoms with E-state index in [1.807, 2.05) is 30.3 Å². The zero-order valence-corrected chi connectivity index (χ0v) is 22.2. The van der Waals surface area contributed by atoms with Crippen molar-refractivity contribution in [1.82, 2.24) is 8.87 Å². The Labute approximate surface area is 220 Å². The summed E-state index contributed by atoms with van der Waals surface area (Å²) >= 11 is 12.1. The number of amides is 1. The lowest BCUT2D eigenvalue weighted by Crippen LogP contribution is -2.41. The summed E-state index contributed by atoms with van der Waals surface area (Å²) in [6.45, 7) is 3.59. The van der Waals surface area contributed by atoms with Gasteiger partial charge in [-0.15, -0.1) is 0 Å². The predicted octanol–water partition coefficient (Wildman–Crippen LogP) is 6.30. The number of aryl methyl sites for hydroxylation is 1. The van der Waals surface area contributed by atoms with E-state index in [4.69, 9.17) is 23.2 Å². The normalized spacial score (nSPS) is 15.5. The molecule has 1 N–H and O–H groups in total. The third kappa shape index (κ3) is 4.85. The number of hydrogen-bond acceptors (Lipinski definition) is 3. The molecule has 3 aromatic carbocycles. The summed E-state index contributed by atoms with van der Waals surface area (Å²) in [6.07, 6.45) is 0.938. The summed E-state index contributed by atoms with van der Waals surface area (Å²) in [5.74, 6) is -0.514. The van der Waals surface area contributed by atoms with Gasteiger partial charge >= 0.3 is 0 Å². The van der Waals surface area contributed by atoms with E-state index in [-0.39, 0.29) is 17.6 Å². The van der Waals surface area contributed by atoms with Crippen LogP contribution in [0.5, 0.6) is 0 Å². The van der Waals surface area contributed by atoms with Gasteiger partial charge in [0.1, 0.15) is 0 Å². The molecule has 1 aromatic heterocycles. The van der Waals surface area contributed by atoms with Crippen LogP contribution >= 0.6 is 23.2 Å². The van der Waals surface area contributed by atoms with Crippen LogP contribution in [0, 0.1) is 5.92 Å². The molecule has 5 rings (SSSR count). The molecule has 36 heavy (non-hydrogen) atoms. The van der Waals surface area contributed by atoms with Crippen LogP contribution < -0.4 is 5.32 Å². The van der Waals surface area contributed by atoms with Gasteiger partial charge < -0.3 is 9.88 Å². The number of para-hydroxylation sites is 1. The minimum atomic E-state index is -3.55. The van der Waals surface area contributed by atoms with Crippen molar-refractivity contribution in [3.8, 4) is 0 Å². The Morgan fingerprint density at radius 1 is 0.972 bits per heavy atom. The largest absolute Gasteiger partial charge is 0.341 e. The number of hydrogen-bond donors (Lipinski definition) is 1. The third-order valence-corrected chi connectivity index (χ3v) is 9.34.